The second-order valence-corrected chi connectivity index (χ2v) is 13.1. The zero-order valence-corrected chi connectivity index (χ0v) is 26.4. The molecule has 188 valence electrons. The molecule has 0 radical (unpaired) electrons. The normalized spacial score (nSPS) is 11.0. The van der Waals surface area contributed by atoms with Gasteiger partial charge in [-0.05, 0) is 12.8 Å². The monoisotopic (exact) mass is 586 g/mol. The molecule has 0 bridgehead atoms. The number of hydrogen-bond donors (Lipinski definition) is 0. The molecule has 0 N–H and O–H groups in total. The van der Waals surface area contributed by atoms with Crippen LogP contribution < -0.4 is 20.7 Å². The van der Waals surface area contributed by atoms with Crippen LogP contribution in [0, 0.1) is 14.9 Å². The first-order chi connectivity index (χ1) is 17.3. The minimum Gasteiger partial charge on any atom is -0.358 e. The van der Waals surface area contributed by atoms with E-state index >= 15 is 0 Å². The van der Waals surface area contributed by atoms with Crippen LogP contribution in [0.3, 0.4) is 0 Å². The Labute approximate surface area is 249 Å². The smallest absolute Gasteiger partial charge is 0.358 e. The molecule has 0 nitrogen and oxygen atoms in total. The molecule has 0 aromatic heterocycles. The van der Waals surface area contributed by atoms with Crippen molar-refractivity contribution in [2.24, 2.45) is 0 Å². The van der Waals surface area contributed by atoms with Crippen molar-refractivity contribution >= 4 is 50.4 Å². The first-order valence-corrected chi connectivity index (χ1v) is 14.8. The van der Waals surface area contributed by atoms with Gasteiger partial charge in [-0.3, -0.25) is 0 Å². The van der Waals surface area contributed by atoms with Gasteiger partial charge in [-0.1, -0.05) is 97.0 Å². The molecular weight excluding hydrogens is 552 g/mol. The van der Waals surface area contributed by atoms with Gasteiger partial charge in [0.05, 0.1) is 8.07 Å². The molecule has 0 aliphatic rings. The van der Waals surface area contributed by atoms with E-state index in [-0.39, 0.29) is 41.1 Å². The number of benzene rings is 4. The SMILES string of the molecule is CCc1[cH-]c2ccccc2c1[Si](c1ccccc1)(c1ccccc1)c1c(CC)[cH-]c2ccccc12.[CH3-].[CH3-].[Zr+4]. The average Bonchev–Trinajstić information content (AvgIpc) is 3.50. The van der Waals surface area contributed by atoms with Gasteiger partial charge in [0, 0.05) is 0 Å². The molecule has 0 fully saturated rings. The van der Waals surface area contributed by atoms with Crippen LogP contribution in [0.15, 0.2) is 121 Å². The molecule has 0 saturated heterocycles. The fourth-order valence-corrected chi connectivity index (χ4v) is 12.1. The summed E-state index contributed by atoms with van der Waals surface area (Å²) in [6.45, 7) is 4.63. The topological polar surface area (TPSA) is 0 Å². The van der Waals surface area contributed by atoms with Crippen LogP contribution in [-0.2, 0) is 39.0 Å². The van der Waals surface area contributed by atoms with E-state index in [1.165, 1.54) is 43.0 Å². The largest absolute Gasteiger partial charge is 4.00 e. The van der Waals surface area contributed by atoms with E-state index in [0.717, 1.165) is 12.8 Å². The van der Waals surface area contributed by atoms with Crippen molar-refractivity contribution in [3.63, 3.8) is 0 Å². The third kappa shape index (κ3) is 4.53. The van der Waals surface area contributed by atoms with E-state index in [1.54, 1.807) is 10.4 Å². The number of hydrogen-bond acceptors (Lipinski definition) is 0. The fraction of sp³-hybridized carbons (Fsp3) is 0.111. The second-order valence-electron chi connectivity index (χ2n) is 9.45. The summed E-state index contributed by atoms with van der Waals surface area (Å²) in [5.41, 5.74) is 2.97. The maximum atomic E-state index is 2.45. The summed E-state index contributed by atoms with van der Waals surface area (Å²) in [5.74, 6) is 0. The van der Waals surface area contributed by atoms with Crippen LogP contribution in [0.5, 0.6) is 0 Å². The third-order valence-electron chi connectivity index (χ3n) is 7.69. The Morgan fingerprint density at radius 3 is 1.21 bits per heavy atom. The van der Waals surface area contributed by atoms with Gasteiger partial charge >= 0.3 is 26.2 Å². The van der Waals surface area contributed by atoms with Gasteiger partial charge in [0.15, 0.2) is 0 Å². The van der Waals surface area contributed by atoms with E-state index in [2.05, 4.69) is 135 Å². The average molecular weight is 588 g/mol. The van der Waals surface area contributed by atoms with Crippen molar-refractivity contribution in [1.82, 2.24) is 0 Å². The van der Waals surface area contributed by atoms with Gasteiger partial charge in [0.1, 0.15) is 0 Å². The molecule has 0 atom stereocenters. The number of fused-ring (bicyclic) bond motifs is 2. The molecule has 0 spiro atoms. The molecule has 0 amide bonds. The molecule has 6 rings (SSSR count). The van der Waals surface area contributed by atoms with Crippen LogP contribution in [0.4, 0.5) is 0 Å². The summed E-state index contributed by atoms with van der Waals surface area (Å²) in [4.78, 5) is 0. The van der Waals surface area contributed by atoms with Gasteiger partial charge < -0.3 is 14.9 Å². The maximum Gasteiger partial charge on any atom is 4.00 e. The van der Waals surface area contributed by atoms with Crippen molar-refractivity contribution in [3.8, 4) is 0 Å². The Hall–Kier alpha value is -2.80. The van der Waals surface area contributed by atoms with Crippen LogP contribution in [-0.4, -0.2) is 8.07 Å². The first kappa shape index (κ1) is 29.8. The molecule has 38 heavy (non-hydrogen) atoms. The summed E-state index contributed by atoms with van der Waals surface area (Å²) >= 11 is 0. The Morgan fingerprint density at radius 2 is 0.842 bits per heavy atom. The van der Waals surface area contributed by atoms with Gasteiger partial charge in [-0.2, -0.15) is 0 Å². The quantitative estimate of drug-likeness (QED) is 0.148. The molecule has 6 aromatic rings. The molecule has 2 heteroatoms. The second kappa shape index (κ2) is 12.4. The Kier molecular flexibility index (Phi) is 9.69. The Morgan fingerprint density at radius 1 is 0.500 bits per heavy atom. The predicted octanol–water partition coefficient (Wildman–Crippen LogP) is 6.83. The summed E-state index contributed by atoms with van der Waals surface area (Å²) in [6.07, 6.45) is 2.05. The first-order valence-electron chi connectivity index (χ1n) is 12.8. The minimum atomic E-state index is -2.66. The van der Waals surface area contributed by atoms with Crippen molar-refractivity contribution in [1.29, 1.82) is 0 Å². The zero-order chi connectivity index (χ0) is 23.8. The van der Waals surface area contributed by atoms with Crippen molar-refractivity contribution in [2.45, 2.75) is 26.7 Å². The summed E-state index contributed by atoms with van der Waals surface area (Å²) < 4.78 is 0. The standard InChI is InChI=1S/C34H30Si.2CH3.Zr/c1-3-25-23-27-15-11-13-21-31(27)33(25)35(29-17-7-5-8-18-29,30-19-9-6-10-20-30)34-26(4-2)24-28-16-12-14-22-32(28)34;;;/h5-24H,3-4H2,1-2H3;2*1H3;/q-2;2*-1;+4. The minimum absolute atomic E-state index is 0. The predicted molar refractivity (Wildman–Crippen MR) is 168 cm³/mol. The van der Waals surface area contributed by atoms with E-state index in [9.17, 15) is 0 Å². The molecule has 0 unspecified atom stereocenters. The van der Waals surface area contributed by atoms with Gasteiger partial charge in [-0.15, -0.1) is 91.6 Å². The van der Waals surface area contributed by atoms with E-state index in [1.807, 2.05) is 0 Å². The van der Waals surface area contributed by atoms with Crippen LogP contribution in [0.25, 0.3) is 21.5 Å². The Balaban J connectivity index is 0.00000133. The Bertz CT molecular complexity index is 1480. The van der Waals surface area contributed by atoms with Gasteiger partial charge in [0.25, 0.3) is 0 Å². The fourth-order valence-electron chi connectivity index (χ4n) is 6.26. The molecule has 0 heterocycles. The molecule has 0 saturated carbocycles. The molecule has 0 aliphatic carbocycles. The molecule has 6 aromatic carbocycles. The van der Waals surface area contributed by atoms with Crippen molar-refractivity contribution in [2.75, 3.05) is 0 Å². The number of rotatable bonds is 6. The van der Waals surface area contributed by atoms with Gasteiger partial charge in [-0.25, -0.2) is 0 Å². The molecule has 0 aliphatic heterocycles. The third-order valence-corrected chi connectivity index (χ3v) is 12.8. The van der Waals surface area contributed by atoms with Crippen LogP contribution in [0.2, 0.25) is 0 Å². The van der Waals surface area contributed by atoms with Crippen molar-refractivity contribution < 1.29 is 26.2 Å². The summed E-state index contributed by atoms with van der Waals surface area (Å²) in [5, 5.41) is 11.6. The zero-order valence-electron chi connectivity index (χ0n) is 23.0. The van der Waals surface area contributed by atoms with E-state index in [4.69, 9.17) is 0 Å². The molecular formula is C36H36SiZr. The summed E-state index contributed by atoms with van der Waals surface area (Å²) in [7, 11) is -2.66. The number of aryl methyl sites for hydroxylation is 2. The van der Waals surface area contributed by atoms with E-state index in [0.29, 0.717) is 0 Å². The van der Waals surface area contributed by atoms with Crippen molar-refractivity contribution in [3.05, 3.63) is 147 Å². The van der Waals surface area contributed by atoms with Crippen LogP contribution in [0.1, 0.15) is 25.0 Å². The maximum absolute atomic E-state index is 2.66. The summed E-state index contributed by atoms with van der Waals surface area (Å²) in [6, 6.07) is 45.8. The van der Waals surface area contributed by atoms with Crippen LogP contribution >= 0.6 is 0 Å². The van der Waals surface area contributed by atoms with E-state index < -0.39 is 8.07 Å². The van der Waals surface area contributed by atoms with Gasteiger partial charge in [0.2, 0.25) is 0 Å².